The number of hydrogen-bond donors (Lipinski definition) is 2. The van der Waals surface area contributed by atoms with E-state index in [1.165, 1.54) is 19.3 Å². The zero-order valence-electron chi connectivity index (χ0n) is 16.0. The first-order chi connectivity index (χ1) is 13.6. The highest BCUT2D eigenvalue weighted by molar-refractivity contribution is 5.94. The number of aromatic amines is 1. The van der Waals surface area contributed by atoms with Crippen LogP contribution in [0.1, 0.15) is 37.7 Å². The first-order valence-corrected chi connectivity index (χ1v) is 9.81. The first kappa shape index (κ1) is 18.4. The fourth-order valence-corrected chi connectivity index (χ4v) is 4.01. The molecule has 1 aliphatic carbocycles. The molecular weight excluding hydrogens is 354 g/mol. The number of nitrogens with one attached hydrogen (secondary N) is 1. The van der Waals surface area contributed by atoms with E-state index >= 15 is 0 Å². The van der Waals surface area contributed by atoms with Crippen LogP contribution in [0.2, 0.25) is 0 Å². The molecule has 146 valence electrons. The standard InChI is InChI=1S/C23H25NO4/c1-27-16-9-7-15(8-10-16)23-20(14-22(25)26)19-13-18(11-12-21(19)24-23)28-17-5-3-2-4-6-17/h7-13,17,24H,2-6,14H2,1H3,(H,25,26). The van der Waals surface area contributed by atoms with Gasteiger partial charge in [0.25, 0.3) is 0 Å². The van der Waals surface area contributed by atoms with Gasteiger partial charge < -0.3 is 19.6 Å². The molecular formula is C23H25NO4. The van der Waals surface area contributed by atoms with Crippen molar-refractivity contribution in [3.05, 3.63) is 48.0 Å². The molecule has 0 aliphatic heterocycles. The number of aromatic nitrogens is 1. The highest BCUT2D eigenvalue weighted by Gasteiger charge is 2.19. The predicted molar refractivity (Wildman–Crippen MR) is 109 cm³/mol. The van der Waals surface area contributed by atoms with Crippen LogP contribution in [-0.4, -0.2) is 29.3 Å². The molecule has 3 aromatic rings. The van der Waals surface area contributed by atoms with Gasteiger partial charge in [-0.05, 0) is 79.3 Å². The molecule has 1 aliphatic rings. The number of aliphatic carboxylic acids is 1. The number of carbonyl (C=O) groups is 1. The van der Waals surface area contributed by atoms with Crippen molar-refractivity contribution in [3.8, 4) is 22.8 Å². The molecule has 5 nitrogen and oxygen atoms in total. The van der Waals surface area contributed by atoms with E-state index < -0.39 is 5.97 Å². The lowest BCUT2D eigenvalue weighted by Gasteiger charge is -2.23. The topological polar surface area (TPSA) is 71.5 Å². The molecule has 0 amide bonds. The zero-order chi connectivity index (χ0) is 19.5. The highest BCUT2D eigenvalue weighted by atomic mass is 16.5. The first-order valence-electron chi connectivity index (χ1n) is 9.81. The van der Waals surface area contributed by atoms with Crippen LogP contribution in [-0.2, 0) is 11.2 Å². The van der Waals surface area contributed by atoms with E-state index in [4.69, 9.17) is 9.47 Å². The highest BCUT2D eigenvalue weighted by Crippen LogP contribution is 2.34. The largest absolute Gasteiger partial charge is 0.497 e. The van der Waals surface area contributed by atoms with Gasteiger partial charge in [0.15, 0.2) is 0 Å². The summed E-state index contributed by atoms with van der Waals surface area (Å²) in [6.45, 7) is 0. The number of carboxylic acids is 1. The monoisotopic (exact) mass is 379 g/mol. The van der Waals surface area contributed by atoms with Gasteiger partial charge in [0.2, 0.25) is 0 Å². The number of methoxy groups -OCH3 is 1. The van der Waals surface area contributed by atoms with E-state index in [0.29, 0.717) is 0 Å². The SMILES string of the molecule is COc1ccc(-c2[nH]c3ccc(OC4CCCCC4)cc3c2CC(=O)O)cc1. The lowest BCUT2D eigenvalue weighted by molar-refractivity contribution is -0.136. The molecule has 1 fully saturated rings. The van der Waals surface area contributed by atoms with Crippen LogP contribution >= 0.6 is 0 Å². The van der Waals surface area contributed by atoms with Crippen LogP contribution in [0.4, 0.5) is 0 Å². The summed E-state index contributed by atoms with van der Waals surface area (Å²) in [4.78, 5) is 14.9. The van der Waals surface area contributed by atoms with Gasteiger partial charge in [-0.1, -0.05) is 6.42 Å². The van der Waals surface area contributed by atoms with Crippen molar-refractivity contribution in [2.24, 2.45) is 0 Å². The maximum atomic E-state index is 11.5. The second kappa shape index (κ2) is 7.97. The molecule has 1 heterocycles. The number of ether oxygens (including phenoxy) is 2. The molecule has 0 spiro atoms. The lowest BCUT2D eigenvalue weighted by atomic mass is 9.98. The summed E-state index contributed by atoms with van der Waals surface area (Å²) >= 11 is 0. The van der Waals surface area contributed by atoms with Crippen LogP contribution in [0.25, 0.3) is 22.2 Å². The van der Waals surface area contributed by atoms with E-state index in [1.807, 2.05) is 42.5 Å². The molecule has 0 bridgehead atoms. The number of H-pyrrole nitrogens is 1. The zero-order valence-corrected chi connectivity index (χ0v) is 16.0. The number of fused-ring (bicyclic) bond motifs is 1. The molecule has 0 unspecified atom stereocenters. The minimum Gasteiger partial charge on any atom is -0.497 e. The maximum absolute atomic E-state index is 11.5. The van der Waals surface area contributed by atoms with Gasteiger partial charge in [-0.25, -0.2) is 0 Å². The predicted octanol–water partition coefficient (Wildman–Crippen LogP) is 5.18. The van der Waals surface area contributed by atoms with Gasteiger partial charge in [0.1, 0.15) is 11.5 Å². The molecule has 2 N–H and O–H groups in total. The smallest absolute Gasteiger partial charge is 0.307 e. The Morgan fingerprint density at radius 2 is 1.79 bits per heavy atom. The van der Waals surface area contributed by atoms with Crippen molar-refractivity contribution in [2.75, 3.05) is 7.11 Å². The van der Waals surface area contributed by atoms with Gasteiger partial charge in [-0.2, -0.15) is 0 Å². The fourth-order valence-electron chi connectivity index (χ4n) is 4.01. The summed E-state index contributed by atoms with van der Waals surface area (Å²) < 4.78 is 11.4. The molecule has 4 rings (SSSR count). The van der Waals surface area contributed by atoms with E-state index in [1.54, 1.807) is 7.11 Å². The van der Waals surface area contributed by atoms with Gasteiger partial charge >= 0.3 is 5.97 Å². The average Bonchev–Trinajstić information content (AvgIpc) is 3.06. The van der Waals surface area contributed by atoms with E-state index in [-0.39, 0.29) is 12.5 Å². The summed E-state index contributed by atoms with van der Waals surface area (Å²) in [5, 5.41) is 10.4. The Kier molecular flexibility index (Phi) is 5.24. The molecule has 1 saturated carbocycles. The van der Waals surface area contributed by atoms with Crippen molar-refractivity contribution in [2.45, 2.75) is 44.6 Å². The molecule has 0 saturated heterocycles. The van der Waals surface area contributed by atoms with Crippen LogP contribution in [0.5, 0.6) is 11.5 Å². The van der Waals surface area contributed by atoms with Crippen molar-refractivity contribution in [1.29, 1.82) is 0 Å². The summed E-state index contributed by atoms with van der Waals surface area (Å²) in [5.74, 6) is 0.725. The lowest BCUT2D eigenvalue weighted by Crippen LogP contribution is -2.19. The van der Waals surface area contributed by atoms with E-state index in [2.05, 4.69) is 4.98 Å². The minimum atomic E-state index is -0.853. The quantitative estimate of drug-likeness (QED) is 0.619. The third kappa shape index (κ3) is 3.84. The summed E-state index contributed by atoms with van der Waals surface area (Å²) in [6, 6.07) is 13.6. The average molecular weight is 379 g/mol. The van der Waals surface area contributed by atoms with Crippen molar-refractivity contribution < 1.29 is 19.4 Å². The third-order valence-electron chi connectivity index (χ3n) is 5.44. The van der Waals surface area contributed by atoms with Crippen LogP contribution in [0.3, 0.4) is 0 Å². The molecule has 2 aromatic carbocycles. The van der Waals surface area contributed by atoms with E-state index in [9.17, 15) is 9.90 Å². The second-order valence-electron chi connectivity index (χ2n) is 7.36. The number of carboxylic acid groups (broad SMARTS) is 1. The van der Waals surface area contributed by atoms with E-state index in [0.717, 1.165) is 52.1 Å². The Balaban J connectivity index is 1.73. The number of benzene rings is 2. The third-order valence-corrected chi connectivity index (χ3v) is 5.44. The van der Waals surface area contributed by atoms with Crippen LogP contribution in [0, 0.1) is 0 Å². The normalized spacial score (nSPS) is 14.9. The summed E-state index contributed by atoms with van der Waals surface area (Å²) in [6.07, 6.45) is 6.09. The fraction of sp³-hybridized carbons (Fsp3) is 0.348. The second-order valence-corrected chi connectivity index (χ2v) is 7.36. The molecule has 0 atom stereocenters. The summed E-state index contributed by atoms with van der Waals surface area (Å²) in [7, 11) is 1.63. The van der Waals surface area contributed by atoms with Crippen LogP contribution < -0.4 is 9.47 Å². The molecule has 1 aromatic heterocycles. The Morgan fingerprint density at radius 1 is 1.07 bits per heavy atom. The Labute approximate surface area is 164 Å². The van der Waals surface area contributed by atoms with Crippen LogP contribution in [0.15, 0.2) is 42.5 Å². The number of rotatable bonds is 6. The van der Waals surface area contributed by atoms with Gasteiger partial charge in [-0.15, -0.1) is 0 Å². The van der Waals surface area contributed by atoms with Gasteiger partial charge in [-0.3, -0.25) is 4.79 Å². The Morgan fingerprint density at radius 3 is 2.46 bits per heavy atom. The maximum Gasteiger partial charge on any atom is 0.307 e. The van der Waals surface area contributed by atoms with Gasteiger partial charge in [0.05, 0.1) is 25.3 Å². The minimum absolute atomic E-state index is 0.0474. The van der Waals surface area contributed by atoms with Crippen molar-refractivity contribution in [3.63, 3.8) is 0 Å². The molecule has 0 radical (unpaired) electrons. The summed E-state index contributed by atoms with van der Waals surface area (Å²) in [5.41, 5.74) is 3.46. The van der Waals surface area contributed by atoms with Gasteiger partial charge in [0, 0.05) is 10.9 Å². The number of hydrogen-bond acceptors (Lipinski definition) is 3. The molecule has 5 heteroatoms. The Hall–Kier alpha value is -2.95. The van der Waals surface area contributed by atoms with Crippen molar-refractivity contribution in [1.82, 2.24) is 4.98 Å². The van der Waals surface area contributed by atoms with Crippen molar-refractivity contribution >= 4 is 16.9 Å². The molecule has 28 heavy (non-hydrogen) atoms. The Bertz CT molecular complexity index is 968.